The maximum atomic E-state index is 10.5. The van der Waals surface area contributed by atoms with E-state index in [4.69, 9.17) is 10.8 Å². The molecule has 3 heteroatoms. The van der Waals surface area contributed by atoms with Crippen molar-refractivity contribution in [2.24, 2.45) is 5.73 Å². The fraction of sp³-hybridized carbons (Fsp3) is 0.462. The van der Waals surface area contributed by atoms with E-state index in [2.05, 4.69) is 26.8 Å². The Labute approximate surface area is 96.3 Å². The Balaban J connectivity index is 2.82. The predicted octanol–water partition coefficient (Wildman–Crippen LogP) is 1.96. The summed E-state index contributed by atoms with van der Waals surface area (Å²) in [5.74, 6) is -0.839. The summed E-state index contributed by atoms with van der Waals surface area (Å²) in [4.78, 5) is 10.5. The van der Waals surface area contributed by atoms with Gasteiger partial charge in [0.1, 0.15) is 0 Å². The standard InChI is InChI=1S/C13H19NO2/c1-8-4-5-11(10(3)9(8)2)6-12(14)7-13(15)16/h4-5,12H,6-7,14H2,1-3H3,(H,15,16). The van der Waals surface area contributed by atoms with Crippen LogP contribution in [0.3, 0.4) is 0 Å². The second-order valence-electron chi connectivity index (χ2n) is 4.35. The third-order valence-electron chi connectivity index (χ3n) is 3.09. The highest BCUT2D eigenvalue weighted by molar-refractivity contribution is 5.67. The molecule has 0 saturated carbocycles. The van der Waals surface area contributed by atoms with Crippen LogP contribution in [0.2, 0.25) is 0 Å². The molecule has 1 rings (SSSR count). The van der Waals surface area contributed by atoms with Crippen molar-refractivity contribution in [3.63, 3.8) is 0 Å². The molecule has 0 spiro atoms. The van der Waals surface area contributed by atoms with Crippen LogP contribution in [0.5, 0.6) is 0 Å². The number of hydrogen-bond acceptors (Lipinski definition) is 2. The Bertz CT molecular complexity index is 399. The summed E-state index contributed by atoms with van der Waals surface area (Å²) < 4.78 is 0. The molecule has 0 aliphatic rings. The molecule has 0 amide bonds. The lowest BCUT2D eigenvalue weighted by atomic mass is 9.94. The smallest absolute Gasteiger partial charge is 0.304 e. The van der Waals surface area contributed by atoms with Crippen molar-refractivity contribution in [2.45, 2.75) is 39.7 Å². The number of rotatable bonds is 4. The lowest BCUT2D eigenvalue weighted by molar-refractivity contribution is -0.137. The van der Waals surface area contributed by atoms with Crippen molar-refractivity contribution in [3.05, 3.63) is 34.4 Å². The highest BCUT2D eigenvalue weighted by atomic mass is 16.4. The number of carboxylic acids is 1. The van der Waals surface area contributed by atoms with Gasteiger partial charge in [0, 0.05) is 6.04 Å². The van der Waals surface area contributed by atoms with E-state index >= 15 is 0 Å². The average molecular weight is 221 g/mol. The van der Waals surface area contributed by atoms with Gasteiger partial charge in [-0.05, 0) is 49.4 Å². The molecule has 0 radical (unpaired) electrons. The molecule has 0 heterocycles. The lowest BCUT2D eigenvalue weighted by Gasteiger charge is -2.14. The minimum atomic E-state index is -0.839. The number of aliphatic carboxylic acids is 1. The third-order valence-corrected chi connectivity index (χ3v) is 3.09. The molecule has 0 aliphatic carbocycles. The molecule has 16 heavy (non-hydrogen) atoms. The molecule has 0 aromatic heterocycles. The first-order chi connectivity index (χ1) is 7.41. The van der Waals surface area contributed by atoms with Gasteiger partial charge < -0.3 is 10.8 Å². The maximum Gasteiger partial charge on any atom is 0.304 e. The van der Waals surface area contributed by atoms with Crippen LogP contribution in [0, 0.1) is 20.8 Å². The number of benzene rings is 1. The fourth-order valence-electron chi connectivity index (χ4n) is 1.81. The van der Waals surface area contributed by atoms with Gasteiger partial charge in [0.15, 0.2) is 0 Å². The zero-order valence-corrected chi connectivity index (χ0v) is 10.1. The molecule has 0 saturated heterocycles. The Morgan fingerprint density at radius 1 is 1.31 bits per heavy atom. The predicted molar refractivity (Wildman–Crippen MR) is 64.6 cm³/mol. The highest BCUT2D eigenvalue weighted by Crippen LogP contribution is 2.18. The van der Waals surface area contributed by atoms with Gasteiger partial charge in [0.2, 0.25) is 0 Å². The Hall–Kier alpha value is -1.35. The van der Waals surface area contributed by atoms with Crippen LogP contribution in [0.25, 0.3) is 0 Å². The molecule has 0 aliphatic heterocycles. The molecule has 1 atom stereocenters. The van der Waals surface area contributed by atoms with Crippen molar-refractivity contribution in [3.8, 4) is 0 Å². The summed E-state index contributed by atoms with van der Waals surface area (Å²) in [6.45, 7) is 6.21. The van der Waals surface area contributed by atoms with Crippen LogP contribution >= 0.6 is 0 Å². The molecule has 0 bridgehead atoms. The fourth-order valence-corrected chi connectivity index (χ4v) is 1.81. The van der Waals surface area contributed by atoms with E-state index < -0.39 is 5.97 Å². The van der Waals surface area contributed by atoms with E-state index in [0.29, 0.717) is 6.42 Å². The van der Waals surface area contributed by atoms with Crippen LogP contribution in [-0.2, 0) is 11.2 Å². The van der Waals surface area contributed by atoms with Crippen LogP contribution in [0.4, 0.5) is 0 Å². The van der Waals surface area contributed by atoms with Gasteiger partial charge in [0.05, 0.1) is 6.42 Å². The van der Waals surface area contributed by atoms with Crippen molar-refractivity contribution >= 4 is 5.97 Å². The summed E-state index contributed by atoms with van der Waals surface area (Å²) in [5, 5.41) is 8.65. The van der Waals surface area contributed by atoms with Gasteiger partial charge in [-0.15, -0.1) is 0 Å². The minimum absolute atomic E-state index is 0.0202. The molecule has 3 nitrogen and oxygen atoms in total. The molecule has 1 unspecified atom stereocenters. The number of nitrogens with two attached hydrogens (primary N) is 1. The largest absolute Gasteiger partial charge is 0.481 e. The molecule has 0 fully saturated rings. The van der Waals surface area contributed by atoms with Crippen molar-refractivity contribution in [2.75, 3.05) is 0 Å². The first-order valence-corrected chi connectivity index (χ1v) is 5.45. The lowest BCUT2D eigenvalue weighted by Crippen LogP contribution is -2.26. The van der Waals surface area contributed by atoms with Crippen molar-refractivity contribution < 1.29 is 9.90 Å². The summed E-state index contributed by atoms with van der Waals surface area (Å²) in [5.41, 5.74) is 10.7. The van der Waals surface area contributed by atoms with Crippen molar-refractivity contribution in [1.82, 2.24) is 0 Å². The van der Waals surface area contributed by atoms with Gasteiger partial charge in [-0.3, -0.25) is 4.79 Å². The maximum absolute atomic E-state index is 10.5. The number of carboxylic acid groups (broad SMARTS) is 1. The summed E-state index contributed by atoms with van der Waals surface area (Å²) in [6.07, 6.45) is 0.644. The average Bonchev–Trinajstić information content (AvgIpc) is 2.18. The molecular formula is C13H19NO2. The molecular weight excluding hydrogens is 202 g/mol. The summed E-state index contributed by atoms with van der Waals surface area (Å²) >= 11 is 0. The van der Waals surface area contributed by atoms with Crippen LogP contribution in [-0.4, -0.2) is 17.1 Å². The van der Waals surface area contributed by atoms with E-state index in [0.717, 1.165) is 5.56 Å². The van der Waals surface area contributed by atoms with E-state index in [9.17, 15) is 4.79 Å². The summed E-state index contributed by atoms with van der Waals surface area (Å²) in [6, 6.07) is 3.79. The van der Waals surface area contributed by atoms with E-state index in [1.165, 1.54) is 16.7 Å². The highest BCUT2D eigenvalue weighted by Gasteiger charge is 2.11. The quantitative estimate of drug-likeness (QED) is 0.817. The van der Waals surface area contributed by atoms with E-state index in [-0.39, 0.29) is 12.5 Å². The molecule has 1 aromatic rings. The van der Waals surface area contributed by atoms with Gasteiger partial charge in [-0.2, -0.15) is 0 Å². The van der Waals surface area contributed by atoms with Gasteiger partial charge >= 0.3 is 5.97 Å². The molecule has 1 aromatic carbocycles. The monoisotopic (exact) mass is 221 g/mol. The van der Waals surface area contributed by atoms with Crippen LogP contribution < -0.4 is 5.73 Å². The zero-order valence-electron chi connectivity index (χ0n) is 10.1. The van der Waals surface area contributed by atoms with Crippen LogP contribution in [0.1, 0.15) is 28.7 Å². The third kappa shape index (κ3) is 3.07. The first-order valence-electron chi connectivity index (χ1n) is 5.45. The van der Waals surface area contributed by atoms with Crippen LogP contribution in [0.15, 0.2) is 12.1 Å². The Morgan fingerprint density at radius 3 is 2.50 bits per heavy atom. The van der Waals surface area contributed by atoms with Gasteiger partial charge in [-0.1, -0.05) is 12.1 Å². The molecule has 88 valence electrons. The minimum Gasteiger partial charge on any atom is -0.481 e. The molecule has 3 N–H and O–H groups in total. The topological polar surface area (TPSA) is 63.3 Å². The Morgan fingerprint density at radius 2 is 1.94 bits per heavy atom. The number of hydrogen-bond donors (Lipinski definition) is 2. The zero-order chi connectivity index (χ0) is 12.3. The summed E-state index contributed by atoms with van der Waals surface area (Å²) in [7, 11) is 0. The van der Waals surface area contributed by atoms with E-state index in [1.807, 2.05) is 6.07 Å². The van der Waals surface area contributed by atoms with Crippen molar-refractivity contribution in [1.29, 1.82) is 0 Å². The number of aryl methyl sites for hydroxylation is 1. The van der Waals surface area contributed by atoms with Gasteiger partial charge in [0.25, 0.3) is 0 Å². The normalized spacial score (nSPS) is 12.5. The van der Waals surface area contributed by atoms with Gasteiger partial charge in [-0.25, -0.2) is 0 Å². The SMILES string of the molecule is Cc1ccc(CC(N)CC(=O)O)c(C)c1C. The Kier molecular flexibility index (Phi) is 4.07. The van der Waals surface area contributed by atoms with E-state index in [1.54, 1.807) is 0 Å². The number of carbonyl (C=O) groups is 1. The second-order valence-corrected chi connectivity index (χ2v) is 4.35. The first kappa shape index (κ1) is 12.7. The second kappa shape index (κ2) is 5.12.